The van der Waals surface area contributed by atoms with E-state index >= 15 is 0 Å². The second kappa shape index (κ2) is 11.3. The quantitative estimate of drug-likeness (QED) is 0.166. The molecule has 1 aliphatic rings. The number of imide groups is 2. The summed E-state index contributed by atoms with van der Waals surface area (Å²) in [5.41, 5.74) is 1.94. The van der Waals surface area contributed by atoms with Crippen LogP contribution in [0.2, 0.25) is 0 Å². The monoisotopic (exact) mass is 579 g/mol. The number of anilines is 1. The van der Waals surface area contributed by atoms with Crippen molar-refractivity contribution in [2.24, 2.45) is 0 Å². The van der Waals surface area contributed by atoms with E-state index in [0.29, 0.717) is 34.9 Å². The highest BCUT2D eigenvalue weighted by molar-refractivity contribution is 9.10. The van der Waals surface area contributed by atoms with Crippen molar-refractivity contribution >= 4 is 51.2 Å². The molecular formula is C27H22BrN3O7. The molecule has 0 unspecified atom stereocenters. The third-order valence-corrected chi connectivity index (χ3v) is 6.49. The smallest absolute Gasteiger partial charge is 0.335 e. The Hall–Kier alpha value is -4.51. The standard InChI is InChI=1S/C27H22BrN3O7/c1-3-37-24-14-17(7-10-23(24)38-15-18-5-4-6-20(12-18)31(35)36)13-21-25(32)29-27(34)30(26(21)33)19-8-9-22(28)16(2)11-19/h4-14H,3,15H2,1-2H3,(H,29,32,34)/b21-13+. The van der Waals surface area contributed by atoms with Gasteiger partial charge in [0, 0.05) is 16.6 Å². The normalized spacial score (nSPS) is 14.4. The van der Waals surface area contributed by atoms with Crippen molar-refractivity contribution in [3.8, 4) is 11.5 Å². The zero-order valence-corrected chi connectivity index (χ0v) is 22.0. The number of nitrogens with zero attached hydrogens (tertiary/aromatic N) is 2. The lowest BCUT2D eigenvalue weighted by Crippen LogP contribution is -2.54. The Labute approximate surface area is 226 Å². The zero-order valence-electron chi connectivity index (χ0n) is 20.4. The summed E-state index contributed by atoms with van der Waals surface area (Å²) in [6.45, 7) is 3.99. The van der Waals surface area contributed by atoms with Gasteiger partial charge in [0.15, 0.2) is 11.5 Å². The van der Waals surface area contributed by atoms with E-state index in [9.17, 15) is 24.5 Å². The molecule has 1 heterocycles. The van der Waals surface area contributed by atoms with Gasteiger partial charge in [0.05, 0.1) is 17.2 Å². The van der Waals surface area contributed by atoms with Gasteiger partial charge in [0.25, 0.3) is 17.5 Å². The predicted molar refractivity (Wildman–Crippen MR) is 143 cm³/mol. The molecule has 0 saturated carbocycles. The Morgan fingerprint density at radius 1 is 1.03 bits per heavy atom. The van der Waals surface area contributed by atoms with Crippen molar-refractivity contribution in [2.75, 3.05) is 11.5 Å². The number of non-ortho nitro benzene ring substituents is 1. The van der Waals surface area contributed by atoms with Gasteiger partial charge in [-0.1, -0.05) is 34.1 Å². The Morgan fingerprint density at radius 3 is 2.53 bits per heavy atom. The third-order valence-electron chi connectivity index (χ3n) is 5.60. The van der Waals surface area contributed by atoms with E-state index in [0.717, 1.165) is 14.9 Å². The van der Waals surface area contributed by atoms with Gasteiger partial charge >= 0.3 is 6.03 Å². The molecule has 0 bridgehead atoms. The van der Waals surface area contributed by atoms with E-state index in [2.05, 4.69) is 21.2 Å². The molecule has 0 atom stereocenters. The first-order valence-corrected chi connectivity index (χ1v) is 12.3. The first-order chi connectivity index (χ1) is 18.2. The molecule has 0 aromatic heterocycles. The second-order valence-electron chi connectivity index (χ2n) is 8.25. The SMILES string of the molecule is CCOc1cc(/C=C2\C(=O)NC(=O)N(c3ccc(Br)c(C)c3)C2=O)ccc1OCc1cccc([N+](=O)[O-])c1. The van der Waals surface area contributed by atoms with Gasteiger partial charge in [-0.15, -0.1) is 0 Å². The average molecular weight is 580 g/mol. The number of ether oxygens (including phenoxy) is 2. The number of urea groups is 1. The molecule has 3 aromatic carbocycles. The van der Waals surface area contributed by atoms with Gasteiger partial charge in [-0.2, -0.15) is 0 Å². The molecule has 0 spiro atoms. The van der Waals surface area contributed by atoms with Gasteiger partial charge in [-0.25, -0.2) is 9.69 Å². The summed E-state index contributed by atoms with van der Waals surface area (Å²) < 4.78 is 12.3. The van der Waals surface area contributed by atoms with E-state index in [1.54, 1.807) is 55.5 Å². The van der Waals surface area contributed by atoms with E-state index in [4.69, 9.17) is 9.47 Å². The lowest BCUT2D eigenvalue weighted by atomic mass is 10.1. The van der Waals surface area contributed by atoms with Crippen LogP contribution in [0.1, 0.15) is 23.6 Å². The van der Waals surface area contributed by atoms with Crippen molar-refractivity contribution in [1.29, 1.82) is 0 Å². The topological polar surface area (TPSA) is 128 Å². The Bertz CT molecular complexity index is 1490. The summed E-state index contributed by atoms with van der Waals surface area (Å²) >= 11 is 3.39. The molecule has 11 heteroatoms. The van der Waals surface area contributed by atoms with Crippen LogP contribution >= 0.6 is 15.9 Å². The number of nitro groups is 1. The number of nitrogens with one attached hydrogen (secondary N) is 1. The van der Waals surface area contributed by atoms with Crippen molar-refractivity contribution in [1.82, 2.24) is 5.32 Å². The molecule has 1 saturated heterocycles. The molecule has 1 N–H and O–H groups in total. The van der Waals surface area contributed by atoms with Crippen LogP contribution in [-0.2, 0) is 16.2 Å². The molecular weight excluding hydrogens is 558 g/mol. The maximum Gasteiger partial charge on any atom is 0.335 e. The van der Waals surface area contributed by atoms with E-state index in [-0.39, 0.29) is 17.9 Å². The highest BCUT2D eigenvalue weighted by Crippen LogP contribution is 2.31. The van der Waals surface area contributed by atoms with Crippen LogP contribution in [-0.4, -0.2) is 29.4 Å². The van der Waals surface area contributed by atoms with Gasteiger partial charge in [0.2, 0.25) is 0 Å². The number of carbonyl (C=O) groups excluding carboxylic acids is 3. The number of nitro benzene ring substituents is 1. The molecule has 194 valence electrons. The molecule has 4 rings (SSSR count). The van der Waals surface area contributed by atoms with E-state index < -0.39 is 22.8 Å². The van der Waals surface area contributed by atoms with Crippen LogP contribution < -0.4 is 19.7 Å². The number of amides is 4. The van der Waals surface area contributed by atoms with Crippen LogP contribution in [0.25, 0.3) is 6.08 Å². The van der Waals surface area contributed by atoms with Gasteiger partial charge in [0.1, 0.15) is 12.2 Å². The summed E-state index contributed by atoms with van der Waals surface area (Å²) in [5.74, 6) is -0.840. The van der Waals surface area contributed by atoms with Gasteiger partial charge < -0.3 is 9.47 Å². The molecule has 1 fully saturated rings. The highest BCUT2D eigenvalue weighted by atomic mass is 79.9. The third kappa shape index (κ3) is 5.73. The average Bonchev–Trinajstić information content (AvgIpc) is 2.88. The molecule has 4 amide bonds. The minimum atomic E-state index is -0.834. The van der Waals surface area contributed by atoms with Crippen LogP contribution in [0.15, 0.2) is 70.7 Å². The van der Waals surface area contributed by atoms with Crippen molar-refractivity contribution < 1.29 is 28.8 Å². The lowest BCUT2D eigenvalue weighted by Gasteiger charge is -2.26. The van der Waals surface area contributed by atoms with Crippen molar-refractivity contribution in [3.05, 3.63) is 97.5 Å². The summed E-state index contributed by atoms with van der Waals surface area (Å²) in [5, 5.41) is 13.2. The number of aryl methyl sites for hydroxylation is 1. The predicted octanol–water partition coefficient (Wildman–Crippen LogP) is 5.31. The molecule has 10 nitrogen and oxygen atoms in total. The van der Waals surface area contributed by atoms with Crippen molar-refractivity contribution in [3.63, 3.8) is 0 Å². The summed E-state index contributed by atoms with van der Waals surface area (Å²) in [7, 11) is 0. The molecule has 1 aliphatic heterocycles. The summed E-state index contributed by atoms with van der Waals surface area (Å²) in [4.78, 5) is 49.7. The minimum absolute atomic E-state index is 0.0423. The fourth-order valence-electron chi connectivity index (χ4n) is 3.75. The van der Waals surface area contributed by atoms with Gasteiger partial charge in [-0.05, 0) is 66.9 Å². The number of rotatable bonds is 8. The number of barbiturate groups is 1. The fourth-order valence-corrected chi connectivity index (χ4v) is 4.00. The van der Waals surface area contributed by atoms with E-state index in [1.165, 1.54) is 18.2 Å². The lowest BCUT2D eigenvalue weighted by molar-refractivity contribution is -0.384. The van der Waals surface area contributed by atoms with Gasteiger partial charge in [-0.3, -0.25) is 25.0 Å². The molecule has 0 aliphatic carbocycles. The minimum Gasteiger partial charge on any atom is -0.490 e. The second-order valence-corrected chi connectivity index (χ2v) is 9.10. The maximum atomic E-state index is 13.2. The first-order valence-electron chi connectivity index (χ1n) is 11.5. The number of benzene rings is 3. The van der Waals surface area contributed by atoms with Crippen LogP contribution in [0, 0.1) is 17.0 Å². The van der Waals surface area contributed by atoms with Crippen LogP contribution in [0.3, 0.4) is 0 Å². The molecule has 38 heavy (non-hydrogen) atoms. The molecule has 3 aromatic rings. The Kier molecular flexibility index (Phi) is 7.87. The zero-order chi connectivity index (χ0) is 27.4. The Balaban J connectivity index is 1.61. The number of hydrogen-bond acceptors (Lipinski definition) is 7. The molecule has 0 radical (unpaired) electrons. The number of hydrogen-bond donors (Lipinski definition) is 1. The van der Waals surface area contributed by atoms with E-state index in [1.807, 2.05) is 6.92 Å². The largest absolute Gasteiger partial charge is 0.490 e. The fraction of sp³-hybridized carbons (Fsp3) is 0.148. The first kappa shape index (κ1) is 26.6. The highest BCUT2D eigenvalue weighted by Gasteiger charge is 2.37. The van der Waals surface area contributed by atoms with Crippen molar-refractivity contribution in [2.45, 2.75) is 20.5 Å². The van der Waals surface area contributed by atoms with Crippen LogP contribution in [0.5, 0.6) is 11.5 Å². The number of halogens is 1. The summed E-state index contributed by atoms with van der Waals surface area (Å²) in [6, 6.07) is 15.1. The maximum absolute atomic E-state index is 13.2. The van der Waals surface area contributed by atoms with Crippen LogP contribution in [0.4, 0.5) is 16.2 Å². The Morgan fingerprint density at radius 2 is 1.82 bits per heavy atom. The number of carbonyl (C=O) groups is 3. The summed E-state index contributed by atoms with van der Waals surface area (Å²) in [6.07, 6.45) is 1.37.